The van der Waals surface area contributed by atoms with Gasteiger partial charge in [0, 0.05) is 23.8 Å². The van der Waals surface area contributed by atoms with E-state index in [1.807, 2.05) is 0 Å². The van der Waals surface area contributed by atoms with Crippen molar-refractivity contribution in [2.24, 2.45) is 0 Å². The number of aliphatic hydroxyl groups excluding tert-OH is 1. The molecule has 4 aromatic heterocycles. The van der Waals surface area contributed by atoms with Gasteiger partial charge in [0.2, 0.25) is 0 Å². The number of benzene rings is 2. The Balaban J connectivity index is 0.000000183. The third-order valence-electron chi connectivity index (χ3n) is 8.30. The Morgan fingerprint density at radius 1 is 0.706 bits per heavy atom. The molecular formula is C32H28ClN7O9S2. The molecule has 0 atom stereocenters. The number of hydrogen-bond donors (Lipinski definition) is 2. The van der Waals surface area contributed by atoms with Crippen molar-refractivity contribution in [3.63, 3.8) is 0 Å². The SMILES string of the molecule is O=[N+]([O-])c1cnc2c(ccn2S(=O)(=O)c2ccccc2)c1Cl.O=[N+]([O-])c1cnc2c(ccn2S(=O)(=O)c2ccccc2)c1NC1CCC(O)CC1. The van der Waals surface area contributed by atoms with Crippen molar-refractivity contribution in [1.29, 1.82) is 0 Å². The minimum atomic E-state index is -3.89. The first-order valence-electron chi connectivity index (χ1n) is 15.3. The third kappa shape index (κ3) is 6.85. The fourth-order valence-corrected chi connectivity index (χ4v) is 8.63. The summed E-state index contributed by atoms with van der Waals surface area (Å²) in [6, 6.07) is 18.6. The highest BCUT2D eigenvalue weighted by molar-refractivity contribution is 7.90. The Kier molecular flexibility index (Phi) is 9.76. The van der Waals surface area contributed by atoms with Gasteiger partial charge in [0.15, 0.2) is 11.3 Å². The van der Waals surface area contributed by atoms with E-state index in [0.717, 1.165) is 20.3 Å². The third-order valence-corrected chi connectivity index (χ3v) is 12.1. The standard InChI is InChI=1S/C19H20N4O5S.C13H8ClN3O4S/c24-14-8-6-13(7-9-14)21-18-16-10-11-22(19(16)20-12-17(18)23(25)26)29(27,28)15-4-2-1-3-5-15;14-12-10-6-7-16(13(10)15-8-11(12)17(18)19)22(20,21)9-4-2-1-3-5-9/h1-5,10-14,24H,6-9H2,(H,20,21);1-8H. The summed E-state index contributed by atoms with van der Waals surface area (Å²) in [5.74, 6) is 0. The number of rotatable bonds is 8. The number of nitrogens with one attached hydrogen (secondary N) is 1. The van der Waals surface area contributed by atoms with Crippen LogP contribution in [-0.4, -0.2) is 61.8 Å². The molecule has 1 aliphatic carbocycles. The van der Waals surface area contributed by atoms with Gasteiger partial charge >= 0.3 is 11.4 Å². The quantitative estimate of drug-likeness (QED) is 0.140. The second-order valence-electron chi connectivity index (χ2n) is 11.5. The molecule has 0 saturated heterocycles. The van der Waals surface area contributed by atoms with Gasteiger partial charge in [-0.2, -0.15) is 0 Å². The van der Waals surface area contributed by atoms with Crippen LogP contribution >= 0.6 is 11.6 Å². The van der Waals surface area contributed by atoms with Crippen LogP contribution in [0.25, 0.3) is 22.1 Å². The number of nitro groups is 2. The first-order chi connectivity index (χ1) is 24.3. The number of aliphatic hydroxyl groups is 1. The lowest BCUT2D eigenvalue weighted by atomic mass is 9.93. The Labute approximate surface area is 295 Å². The van der Waals surface area contributed by atoms with Gasteiger partial charge in [0.05, 0.1) is 31.1 Å². The summed E-state index contributed by atoms with van der Waals surface area (Å²) in [6.07, 6.45) is 6.89. The molecule has 0 unspecified atom stereocenters. The highest BCUT2D eigenvalue weighted by Crippen LogP contribution is 2.36. The molecule has 1 aliphatic rings. The largest absolute Gasteiger partial charge is 0.393 e. The molecular weight excluding hydrogens is 726 g/mol. The van der Waals surface area contributed by atoms with Crippen molar-refractivity contribution in [2.45, 2.75) is 47.6 Å². The summed E-state index contributed by atoms with van der Waals surface area (Å²) in [5, 5.41) is 35.7. The van der Waals surface area contributed by atoms with Gasteiger partial charge in [-0.25, -0.2) is 34.7 Å². The van der Waals surface area contributed by atoms with E-state index in [-0.39, 0.29) is 60.7 Å². The molecule has 19 heteroatoms. The normalized spacial score (nSPS) is 16.4. The van der Waals surface area contributed by atoms with Crippen molar-refractivity contribution in [2.75, 3.05) is 5.32 Å². The molecule has 0 bridgehead atoms. The summed E-state index contributed by atoms with van der Waals surface area (Å²) in [5.41, 5.74) is -0.164. The van der Waals surface area contributed by atoms with Crippen LogP contribution < -0.4 is 5.32 Å². The number of pyridine rings is 2. The van der Waals surface area contributed by atoms with E-state index in [9.17, 15) is 42.2 Å². The van der Waals surface area contributed by atoms with Crippen LogP contribution in [0.3, 0.4) is 0 Å². The molecule has 2 aromatic carbocycles. The van der Waals surface area contributed by atoms with Crippen LogP contribution in [0.1, 0.15) is 25.7 Å². The van der Waals surface area contributed by atoms with E-state index < -0.39 is 29.9 Å². The topological polar surface area (TPSA) is 222 Å². The fraction of sp³-hybridized carbons (Fsp3) is 0.188. The van der Waals surface area contributed by atoms with Crippen LogP contribution in [0.2, 0.25) is 5.02 Å². The minimum absolute atomic E-state index is 0.0412. The first kappa shape index (κ1) is 35.4. The van der Waals surface area contributed by atoms with Crippen molar-refractivity contribution in [1.82, 2.24) is 17.9 Å². The lowest BCUT2D eigenvalue weighted by Gasteiger charge is -2.27. The molecule has 0 spiro atoms. The van der Waals surface area contributed by atoms with E-state index in [4.69, 9.17) is 11.6 Å². The van der Waals surface area contributed by atoms with Gasteiger partial charge in [-0.3, -0.25) is 20.2 Å². The number of fused-ring (bicyclic) bond motifs is 2. The number of aromatic nitrogens is 4. The Bertz CT molecular complexity index is 2480. The molecule has 1 saturated carbocycles. The van der Waals surface area contributed by atoms with Crippen LogP contribution in [0.15, 0.2) is 107 Å². The predicted octanol–water partition coefficient (Wildman–Crippen LogP) is 5.73. The zero-order valence-electron chi connectivity index (χ0n) is 26.3. The lowest BCUT2D eigenvalue weighted by Crippen LogP contribution is -2.28. The van der Waals surface area contributed by atoms with E-state index in [2.05, 4.69) is 15.3 Å². The van der Waals surface area contributed by atoms with Crippen molar-refractivity contribution in [3.8, 4) is 0 Å². The average Bonchev–Trinajstić information content (AvgIpc) is 3.77. The summed E-state index contributed by atoms with van der Waals surface area (Å²) < 4.78 is 53.2. The maximum Gasteiger partial charge on any atom is 0.311 e. The zero-order chi connectivity index (χ0) is 36.5. The number of halogens is 1. The summed E-state index contributed by atoms with van der Waals surface area (Å²) in [6.45, 7) is 0. The molecule has 0 amide bonds. The van der Waals surface area contributed by atoms with Gasteiger partial charge in [-0.05, 0) is 62.1 Å². The average molecular weight is 754 g/mol. The summed E-state index contributed by atoms with van der Waals surface area (Å²) in [7, 11) is -7.74. The van der Waals surface area contributed by atoms with Crippen LogP contribution in [0, 0.1) is 20.2 Å². The maximum absolute atomic E-state index is 13.0. The molecule has 16 nitrogen and oxygen atoms in total. The van der Waals surface area contributed by atoms with Crippen LogP contribution in [0.5, 0.6) is 0 Å². The van der Waals surface area contributed by atoms with Gasteiger partial charge in [-0.1, -0.05) is 48.0 Å². The van der Waals surface area contributed by atoms with Crippen LogP contribution in [0.4, 0.5) is 17.1 Å². The summed E-state index contributed by atoms with van der Waals surface area (Å²) in [4.78, 5) is 29.3. The van der Waals surface area contributed by atoms with Crippen molar-refractivity contribution in [3.05, 3.63) is 123 Å². The predicted molar refractivity (Wildman–Crippen MR) is 188 cm³/mol. The molecule has 51 heavy (non-hydrogen) atoms. The second kappa shape index (κ2) is 14.1. The molecule has 0 aliphatic heterocycles. The van der Waals surface area contributed by atoms with Crippen LogP contribution in [-0.2, 0) is 20.0 Å². The Morgan fingerprint density at radius 3 is 1.65 bits per heavy atom. The van der Waals surface area contributed by atoms with Gasteiger partial charge in [-0.15, -0.1) is 0 Å². The number of hydrogen-bond acceptors (Lipinski definition) is 12. The monoisotopic (exact) mass is 753 g/mol. The molecule has 4 heterocycles. The summed E-state index contributed by atoms with van der Waals surface area (Å²) >= 11 is 5.96. The van der Waals surface area contributed by atoms with E-state index in [1.54, 1.807) is 36.4 Å². The molecule has 2 N–H and O–H groups in total. The lowest BCUT2D eigenvalue weighted by molar-refractivity contribution is -0.384. The Hall–Kier alpha value is -5.43. The zero-order valence-corrected chi connectivity index (χ0v) is 28.7. The first-order valence-corrected chi connectivity index (χ1v) is 18.6. The molecule has 1 fully saturated rings. The van der Waals surface area contributed by atoms with Gasteiger partial charge in [0.25, 0.3) is 20.0 Å². The van der Waals surface area contributed by atoms with E-state index in [1.165, 1.54) is 48.8 Å². The van der Waals surface area contributed by atoms with E-state index in [0.29, 0.717) is 31.1 Å². The minimum Gasteiger partial charge on any atom is -0.393 e. The van der Waals surface area contributed by atoms with Crippen molar-refractivity contribution >= 4 is 70.8 Å². The van der Waals surface area contributed by atoms with Gasteiger partial charge < -0.3 is 10.4 Å². The van der Waals surface area contributed by atoms with E-state index >= 15 is 0 Å². The molecule has 0 radical (unpaired) electrons. The molecule has 7 rings (SSSR count). The molecule has 264 valence electrons. The smallest absolute Gasteiger partial charge is 0.311 e. The fourth-order valence-electron chi connectivity index (χ4n) is 5.71. The van der Waals surface area contributed by atoms with Crippen molar-refractivity contribution < 1.29 is 31.8 Å². The highest BCUT2D eigenvalue weighted by Gasteiger charge is 2.28. The maximum atomic E-state index is 13.0. The number of nitrogens with zero attached hydrogens (tertiary/aromatic N) is 6. The Morgan fingerprint density at radius 2 is 1.16 bits per heavy atom. The van der Waals surface area contributed by atoms with Gasteiger partial charge in [0.1, 0.15) is 23.1 Å². The second-order valence-corrected chi connectivity index (χ2v) is 15.5. The number of anilines is 1. The highest BCUT2D eigenvalue weighted by atomic mass is 35.5. The molecule has 6 aromatic rings.